The Labute approximate surface area is 112 Å². The van der Waals surface area contributed by atoms with Crippen LogP contribution in [0.3, 0.4) is 0 Å². The molecule has 0 saturated heterocycles. The molecule has 1 atom stereocenters. The van der Waals surface area contributed by atoms with Crippen molar-refractivity contribution in [2.45, 2.75) is 9.79 Å². The molecule has 0 spiro atoms. The van der Waals surface area contributed by atoms with E-state index in [-0.39, 0.29) is 0 Å². The highest BCUT2D eigenvalue weighted by atomic mass is 35.5. The molecule has 2 aromatic rings. The summed E-state index contributed by atoms with van der Waals surface area (Å²) in [6, 6.07) is 11.7. The SMILES string of the molecule is Nc1ccc(S(=O)c2cc(Cl)ccc2Cl)cc1. The topological polar surface area (TPSA) is 43.1 Å². The Morgan fingerprint density at radius 1 is 1.00 bits per heavy atom. The average molecular weight is 286 g/mol. The zero-order valence-electron chi connectivity index (χ0n) is 8.69. The lowest BCUT2D eigenvalue weighted by atomic mass is 10.3. The Morgan fingerprint density at radius 3 is 2.29 bits per heavy atom. The second-order valence-corrected chi connectivity index (χ2v) is 5.70. The van der Waals surface area contributed by atoms with Crippen molar-refractivity contribution in [1.29, 1.82) is 0 Å². The summed E-state index contributed by atoms with van der Waals surface area (Å²) in [5.74, 6) is 0. The van der Waals surface area contributed by atoms with Gasteiger partial charge in [0.15, 0.2) is 0 Å². The summed E-state index contributed by atoms with van der Waals surface area (Å²) in [4.78, 5) is 1.15. The van der Waals surface area contributed by atoms with Crippen LogP contribution in [0.15, 0.2) is 52.3 Å². The van der Waals surface area contributed by atoms with Gasteiger partial charge in [0.05, 0.1) is 20.7 Å². The standard InChI is InChI=1S/C12H9Cl2NOS/c13-8-1-6-11(14)12(7-8)17(16)10-4-2-9(15)3-5-10/h1-7H,15H2. The molecule has 2 nitrogen and oxygen atoms in total. The van der Waals surface area contributed by atoms with Crippen LogP contribution >= 0.6 is 23.2 Å². The molecule has 0 aliphatic heterocycles. The van der Waals surface area contributed by atoms with E-state index in [2.05, 4.69) is 0 Å². The molecule has 0 aliphatic rings. The van der Waals surface area contributed by atoms with Crippen molar-refractivity contribution in [2.24, 2.45) is 0 Å². The molecule has 0 amide bonds. The minimum absolute atomic E-state index is 0.435. The third kappa shape index (κ3) is 2.80. The maximum absolute atomic E-state index is 12.3. The first kappa shape index (κ1) is 12.4. The summed E-state index contributed by atoms with van der Waals surface area (Å²) >= 11 is 11.9. The predicted molar refractivity (Wildman–Crippen MR) is 72.0 cm³/mol. The Hall–Kier alpha value is -1.03. The smallest absolute Gasteiger partial charge is 0.0865 e. The number of rotatable bonds is 2. The maximum atomic E-state index is 12.3. The summed E-state index contributed by atoms with van der Waals surface area (Å²) < 4.78 is 12.3. The Balaban J connectivity index is 2.43. The molecule has 0 saturated carbocycles. The molecule has 0 fully saturated rings. The first-order chi connectivity index (χ1) is 8.08. The van der Waals surface area contributed by atoms with Crippen LogP contribution in [0.5, 0.6) is 0 Å². The molecule has 0 radical (unpaired) electrons. The van der Waals surface area contributed by atoms with E-state index in [1.165, 1.54) is 0 Å². The van der Waals surface area contributed by atoms with Crippen molar-refractivity contribution in [3.05, 3.63) is 52.5 Å². The molecule has 1 unspecified atom stereocenters. The van der Waals surface area contributed by atoms with Crippen molar-refractivity contribution in [1.82, 2.24) is 0 Å². The van der Waals surface area contributed by atoms with E-state index in [0.29, 0.717) is 25.5 Å². The Kier molecular flexibility index (Phi) is 3.72. The van der Waals surface area contributed by atoms with Gasteiger partial charge in [0.2, 0.25) is 0 Å². The number of anilines is 1. The van der Waals surface area contributed by atoms with E-state index in [0.717, 1.165) is 0 Å². The largest absolute Gasteiger partial charge is 0.399 e. The summed E-state index contributed by atoms with van der Waals surface area (Å²) in [5, 5.41) is 0.942. The van der Waals surface area contributed by atoms with Crippen LogP contribution in [0.25, 0.3) is 0 Å². The van der Waals surface area contributed by atoms with Crippen LogP contribution in [-0.4, -0.2) is 4.21 Å². The molecule has 88 valence electrons. The van der Waals surface area contributed by atoms with Gasteiger partial charge in [-0.25, -0.2) is 4.21 Å². The lowest BCUT2D eigenvalue weighted by molar-refractivity contribution is 0.683. The fourth-order valence-electron chi connectivity index (χ4n) is 1.34. The number of hydrogen-bond donors (Lipinski definition) is 1. The molecule has 0 heterocycles. The lowest BCUT2D eigenvalue weighted by Crippen LogP contribution is -1.94. The second-order valence-electron chi connectivity index (χ2n) is 3.41. The van der Waals surface area contributed by atoms with Gasteiger partial charge in [-0.3, -0.25) is 0 Å². The first-order valence-electron chi connectivity index (χ1n) is 4.80. The van der Waals surface area contributed by atoms with Crippen LogP contribution < -0.4 is 5.73 Å². The molecule has 2 aromatic carbocycles. The minimum atomic E-state index is -1.35. The van der Waals surface area contributed by atoms with Crippen molar-refractivity contribution >= 4 is 39.7 Å². The van der Waals surface area contributed by atoms with Gasteiger partial charge in [-0.1, -0.05) is 23.2 Å². The number of benzene rings is 2. The summed E-state index contributed by atoms with van der Waals surface area (Å²) in [5.41, 5.74) is 6.20. The molecule has 0 bridgehead atoms. The fourth-order valence-corrected chi connectivity index (χ4v) is 3.02. The zero-order chi connectivity index (χ0) is 12.4. The van der Waals surface area contributed by atoms with Crippen molar-refractivity contribution in [2.75, 3.05) is 5.73 Å². The van der Waals surface area contributed by atoms with Gasteiger partial charge in [0.25, 0.3) is 0 Å². The molecule has 0 aliphatic carbocycles. The normalized spacial score (nSPS) is 12.4. The summed E-state index contributed by atoms with van der Waals surface area (Å²) in [7, 11) is -1.35. The van der Waals surface area contributed by atoms with E-state index in [1.54, 1.807) is 42.5 Å². The molecular weight excluding hydrogens is 277 g/mol. The van der Waals surface area contributed by atoms with Crippen molar-refractivity contribution in [3.63, 3.8) is 0 Å². The van der Waals surface area contributed by atoms with E-state index in [9.17, 15) is 4.21 Å². The molecule has 0 aromatic heterocycles. The Morgan fingerprint density at radius 2 is 1.65 bits per heavy atom. The molecule has 5 heteroatoms. The van der Waals surface area contributed by atoms with Crippen molar-refractivity contribution < 1.29 is 4.21 Å². The Bertz CT molecular complexity index is 569. The molecular formula is C12H9Cl2NOS. The highest BCUT2D eigenvalue weighted by Crippen LogP contribution is 2.27. The highest BCUT2D eigenvalue weighted by molar-refractivity contribution is 7.85. The van der Waals surface area contributed by atoms with Crippen LogP contribution in [0.1, 0.15) is 0 Å². The third-order valence-corrected chi connectivity index (χ3v) is 4.30. The molecule has 17 heavy (non-hydrogen) atoms. The van der Waals surface area contributed by atoms with Crippen LogP contribution in [-0.2, 0) is 10.8 Å². The average Bonchev–Trinajstić information content (AvgIpc) is 2.32. The van der Waals surface area contributed by atoms with Gasteiger partial charge in [-0.2, -0.15) is 0 Å². The van der Waals surface area contributed by atoms with Gasteiger partial charge in [-0.15, -0.1) is 0 Å². The number of hydrogen-bond acceptors (Lipinski definition) is 2. The number of nitrogen functional groups attached to an aromatic ring is 1. The van der Waals surface area contributed by atoms with E-state index in [1.807, 2.05) is 0 Å². The first-order valence-corrected chi connectivity index (χ1v) is 6.71. The monoisotopic (exact) mass is 285 g/mol. The van der Waals surface area contributed by atoms with Gasteiger partial charge in [-0.05, 0) is 42.5 Å². The fraction of sp³-hybridized carbons (Fsp3) is 0. The quantitative estimate of drug-likeness (QED) is 0.854. The molecule has 2 rings (SSSR count). The predicted octanol–water partition coefficient (Wildman–Crippen LogP) is 3.74. The summed E-state index contributed by atoms with van der Waals surface area (Å²) in [6.45, 7) is 0. The molecule has 2 N–H and O–H groups in total. The second kappa shape index (κ2) is 5.08. The van der Waals surface area contributed by atoms with Crippen LogP contribution in [0.2, 0.25) is 10.0 Å². The van der Waals surface area contributed by atoms with E-state index < -0.39 is 10.8 Å². The van der Waals surface area contributed by atoms with Gasteiger partial charge in [0, 0.05) is 15.6 Å². The highest BCUT2D eigenvalue weighted by Gasteiger charge is 2.11. The van der Waals surface area contributed by atoms with Crippen LogP contribution in [0, 0.1) is 0 Å². The third-order valence-electron chi connectivity index (χ3n) is 2.19. The van der Waals surface area contributed by atoms with Gasteiger partial charge in [0.1, 0.15) is 0 Å². The maximum Gasteiger partial charge on any atom is 0.0865 e. The van der Waals surface area contributed by atoms with Crippen LogP contribution in [0.4, 0.5) is 5.69 Å². The summed E-state index contributed by atoms with van der Waals surface area (Å²) in [6.07, 6.45) is 0. The number of nitrogens with two attached hydrogens (primary N) is 1. The number of halogens is 2. The van der Waals surface area contributed by atoms with Gasteiger partial charge < -0.3 is 5.73 Å². The van der Waals surface area contributed by atoms with E-state index in [4.69, 9.17) is 28.9 Å². The zero-order valence-corrected chi connectivity index (χ0v) is 11.0. The van der Waals surface area contributed by atoms with E-state index >= 15 is 0 Å². The van der Waals surface area contributed by atoms with Crippen molar-refractivity contribution in [3.8, 4) is 0 Å². The minimum Gasteiger partial charge on any atom is -0.399 e. The van der Waals surface area contributed by atoms with Gasteiger partial charge >= 0.3 is 0 Å². The lowest BCUT2D eigenvalue weighted by Gasteiger charge is -2.05.